The van der Waals surface area contributed by atoms with Gasteiger partial charge in [-0.2, -0.15) is 0 Å². The Hall–Kier alpha value is -1.79. The summed E-state index contributed by atoms with van der Waals surface area (Å²) in [5, 5.41) is 1.71. The van der Waals surface area contributed by atoms with Gasteiger partial charge in [0.1, 0.15) is 10.6 Å². The maximum Gasteiger partial charge on any atom is 0.263 e. The number of nitrogens with zero attached hydrogens (tertiary/aromatic N) is 2. The van der Waals surface area contributed by atoms with Crippen LogP contribution in [-0.4, -0.2) is 16.7 Å². The van der Waals surface area contributed by atoms with Crippen LogP contribution in [0.4, 0.5) is 0 Å². The van der Waals surface area contributed by atoms with E-state index in [0.29, 0.717) is 0 Å². The molecule has 0 radical (unpaired) electrons. The van der Waals surface area contributed by atoms with Crippen LogP contribution >= 0.6 is 23.1 Å². The summed E-state index contributed by atoms with van der Waals surface area (Å²) in [7, 11) is 1.67. The van der Waals surface area contributed by atoms with Crippen LogP contribution in [0.1, 0.15) is 35.8 Å². The molecule has 0 aliphatic heterocycles. The first kappa shape index (κ1) is 17.6. The lowest BCUT2D eigenvalue weighted by Crippen LogP contribution is -2.23. The number of hydrogen-bond acceptors (Lipinski definition) is 5. The van der Waals surface area contributed by atoms with Crippen LogP contribution in [0.2, 0.25) is 0 Å². The minimum Gasteiger partial charge on any atom is -0.497 e. The molecule has 1 aliphatic rings. The third kappa shape index (κ3) is 3.16. The first-order valence-electron chi connectivity index (χ1n) is 9.02. The number of aromatic nitrogens is 2. The third-order valence-corrected chi connectivity index (χ3v) is 7.00. The zero-order valence-electron chi connectivity index (χ0n) is 15.1. The molecule has 4 nitrogen and oxygen atoms in total. The maximum absolute atomic E-state index is 13.2. The van der Waals surface area contributed by atoms with Crippen LogP contribution < -0.4 is 10.3 Å². The van der Waals surface area contributed by atoms with E-state index in [9.17, 15) is 4.79 Å². The number of hydrogen-bond donors (Lipinski definition) is 0. The van der Waals surface area contributed by atoms with E-state index < -0.39 is 0 Å². The molecule has 26 heavy (non-hydrogen) atoms. The fourth-order valence-corrected chi connectivity index (χ4v) is 5.74. The lowest BCUT2D eigenvalue weighted by atomic mass is 10.2. The smallest absolute Gasteiger partial charge is 0.263 e. The molecule has 0 N–H and O–H groups in total. The minimum atomic E-state index is 0.147. The maximum atomic E-state index is 13.2. The Morgan fingerprint density at radius 2 is 2.08 bits per heavy atom. The molecule has 4 rings (SSSR count). The van der Waals surface area contributed by atoms with Gasteiger partial charge >= 0.3 is 0 Å². The van der Waals surface area contributed by atoms with Crippen molar-refractivity contribution in [1.29, 1.82) is 0 Å². The Balaban J connectivity index is 1.69. The van der Waals surface area contributed by atoms with Crippen LogP contribution in [-0.2, 0) is 25.1 Å². The van der Waals surface area contributed by atoms with Crippen LogP contribution in [0.3, 0.4) is 0 Å². The summed E-state index contributed by atoms with van der Waals surface area (Å²) in [6.07, 6.45) is 4.21. The molecule has 0 unspecified atom stereocenters. The number of ether oxygens (including phenoxy) is 1. The zero-order valence-corrected chi connectivity index (χ0v) is 16.7. The largest absolute Gasteiger partial charge is 0.497 e. The molecule has 6 heteroatoms. The van der Waals surface area contributed by atoms with Crippen molar-refractivity contribution in [2.45, 2.75) is 50.1 Å². The first-order valence-corrected chi connectivity index (χ1v) is 10.8. The van der Waals surface area contributed by atoms with Gasteiger partial charge in [0.15, 0.2) is 5.16 Å². The topological polar surface area (TPSA) is 44.1 Å². The van der Waals surface area contributed by atoms with E-state index in [2.05, 4.69) is 19.1 Å². The van der Waals surface area contributed by atoms with E-state index in [4.69, 9.17) is 9.72 Å². The Kier molecular flexibility index (Phi) is 5.05. The van der Waals surface area contributed by atoms with Gasteiger partial charge in [-0.25, -0.2) is 4.98 Å². The summed E-state index contributed by atoms with van der Waals surface area (Å²) >= 11 is 3.35. The quantitative estimate of drug-likeness (QED) is 0.457. The molecule has 136 valence electrons. The SMILES string of the molecule is CCCn1c(SCc2ccc(OC)cc2)nc2sc3c(c2c1=O)CCC3. The highest BCUT2D eigenvalue weighted by atomic mass is 32.2. The van der Waals surface area contributed by atoms with Gasteiger partial charge in [0.05, 0.1) is 12.5 Å². The zero-order chi connectivity index (χ0) is 18.1. The van der Waals surface area contributed by atoms with Crippen molar-refractivity contribution in [3.05, 3.63) is 50.6 Å². The van der Waals surface area contributed by atoms with Crippen molar-refractivity contribution in [2.75, 3.05) is 7.11 Å². The van der Waals surface area contributed by atoms with Gasteiger partial charge in [-0.15, -0.1) is 11.3 Å². The fourth-order valence-electron chi connectivity index (χ4n) is 3.46. The van der Waals surface area contributed by atoms with Crippen LogP contribution in [0, 0.1) is 0 Å². The van der Waals surface area contributed by atoms with E-state index in [1.54, 1.807) is 30.2 Å². The van der Waals surface area contributed by atoms with Gasteiger partial charge < -0.3 is 4.74 Å². The van der Waals surface area contributed by atoms with E-state index in [1.807, 2.05) is 16.7 Å². The highest BCUT2D eigenvalue weighted by molar-refractivity contribution is 7.98. The number of rotatable bonds is 6. The fraction of sp³-hybridized carbons (Fsp3) is 0.400. The minimum absolute atomic E-state index is 0.147. The molecule has 0 amide bonds. The molecule has 1 aromatic carbocycles. The summed E-state index contributed by atoms with van der Waals surface area (Å²) in [5.41, 5.74) is 2.61. The predicted molar refractivity (Wildman–Crippen MR) is 109 cm³/mol. The number of methoxy groups -OCH3 is 1. The normalized spacial score (nSPS) is 13.3. The highest BCUT2D eigenvalue weighted by Crippen LogP contribution is 2.36. The molecule has 0 bridgehead atoms. The van der Waals surface area contributed by atoms with Crippen LogP contribution in [0.5, 0.6) is 5.75 Å². The summed E-state index contributed by atoms with van der Waals surface area (Å²) in [6, 6.07) is 8.06. The van der Waals surface area contributed by atoms with Crippen molar-refractivity contribution in [1.82, 2.24) is 9.55 Å². The summed E-state index contributed by atoms with van der Waals surface area (Å²) < 4.78 is 7.09. The van der Waals surface area contributed by atoms with Crippen molar-refractivity contribution in [3.8, 4) is 5.75 Å². The summed E-state index contributed by atoms with van der Waals surface area (Å²) in [5.74, 6) is 1.64. The van der Waals surface area contributed by atoms with Gasteiger partial charge in [0.2, 0.25) is 0 Å². The van der Waals surface area contributed by atoms with E-state index in [1.165, 1.54) is 16.0 Å². The molecule has 0 fully saturated rings. The Bertz CT molecular complexity index is 990. The van der Waals surface area contributed by atoms with Gasteiger partial charge in [0, 0.05) is 17.2 Å². The molecule has 2 aromatic heterocycles. The lowest BCUT2D eigenvalue weighted by molar-refractivity contribution is 0.414. The summed E-state index contributed by atoms with van der Waals surface area (Å²) in [6.45, 7) is 2.82. The van der Waals surface area contributed by atoms with Gasteiger partial charge in [-0.3, -0.25) is 9.36 Å². The van der Waals surface area contributed by atoms with Crippen molar-refractivity contribution < 1.29 is 4.74 Å². The standard InChI is InChI=1S/C20H22N2O2S2/c1-3-11-22-19(23)17-15-5-4-6-16(15)26-18(17)21-20(22)25-12-13-7-9-14(24-2)10-8-13/h7-10H,3-6,11-12H2,1-2H3. The lowest BCUT2D eigenvalue weighted by Gasteiger charge is -2.11. The molecule has 0 saturated carbocycles. The average molecular weight is 387 g/mol. The second-order valence-corrected chi connectivity index (χ2v) is 8.55. The Morgan fingerprint density at radius 1 is 1.27 bits per heavy atom. The molecular weight excluding hydrogens is 364 g/mol. The monoisotopic (exact) mass is 386 g/mol. The van der Waals surface area contributed by atoms with Gasteiger partial charge in [-0.1, -0.05) is 30.8 Å². The molecular formula is C20H22N2O2S2. The van der Waals surface area contributed by atoms with Crippen LogP contribution in [0.25, 0.3) is 10.2 Å². The number of fused-ring (bicyclic) bond motifs is 3. The molecule has 0 saturated heterocycles. The second-order valence-electron chi connectivity index (χ2n) is 6.53. The van der Waals surface area contributed by atoms with Crippen molar-refractivity contribution in [2.24, 2.45) is 0 Å². The Labute approximate surface area is 161 Å². The number of thiophene rings is 1. The van der Waals surface area contributed by atoms with Crippen molar-refractivity contribution >= 4 is 33.3 Å². The molecule has 0 atom stereocenters. The number of thioether (sulfide) groups is 1. The number of benzene rings is 1. The molecule has 2 heterocycles. The molecule has 0 spiro atoms. The van der Waals surface area contributed by atoms with Gasteiger partial charge in [0.25, 0.3) is 5.56 Å². The second kappa shape index (κ2) is 7.45. The van der Waals surface area contributed by atoms with E-state index in [0.717, 1.165) is 59.1 Å². The predicted octanol–water partition coefficient (Wildman–Crippen LogP) is 4.66. The number of aryl methyl sites for hydroxylation is 2. The van der Waals surface area contributed by atoms with E-state index >= 15 is 0 Å². The van der Waals surface area contributed by atoms with Crippen molar-refractivity contribution in [3.63, 3.8) is 0 Å². The van der Waals surface area contributed by atoms with Crippen LogP contribution in [0.15, 0.2) is 34.2 Å². The van der Waals surface area contributed by atoms with E-state index in [-0.39, 0.29) is 5.56 Å². The Morgan fingerprint density at radius 3 is 2.81 bits per heavy atom. The summed E-state index contributed by atoms with van der Waals surface area (Å²) in [4.78, 5) is 20.3. The van der Waals surface area contributed by atoms with Gasteiger partial charge in [-0.05, 0) is 48.9 Å². The molecule has 1 aliphatic carbocycles. The molecule has 3 aromatic rings. The third-order valence-electron chi connectivity index (χ3n) is 4.76. The highest BCUT2D eigenvalue weighted by Gasteiger charge is 2.23. The average Bonchev–Trinajstić information content (AvgIpc) is 3.24. The first-order chi connectivity index (χ1) is 12.7.